The molecule has 4 rings (SSSR count). The number of amides is 1. The molecule has 33 heavy (non-hydrogen) atoms. The Hall–Kier alpha value is -3.97. The van der Waals surface area contributed by atoms with Gasteiger partial charge >= 0.3 is 0 Å². The number of hydrogen-bond acceptors (Lipinski definition) is 4. The van der Waals surface area contributed by atoms with Crippen molar-refractivity contribution in [1.29, 1.82) is 0 Å². The van der Waals surface area contributed by atoms with E-state index in [0.29, 0.717) is 11.3 Å². The van der Waals surface area contributed by atoms with E-state index in [0.717, 1.165) is 26.3 Å². The maximum absolute atomic E-state index is 13.8. The highest BCUT2D eigenvalue weighted by Crippen LogP contribution is 2.29. The average Bonchev–Trinajstić information content (AvgIpc) is 2.80. The summed E-state index contributed by atoms with van der Waals surface area (Å²) < 4.78 is 28.6. The van der Waals surface area contributed by atoms with Gasteiger partial charge < -0.3 is 5.73 Å². The van der Waals surface area contributed by atoms with Crippen LogP contribution in [0.3, 0.4) is 0 Å². The van der Waals surface area contributed by atoms with E-state index < -0.39 is 15.9 Å². The van der Waals surface area contributed by atoms with Gasteiger partial charge in [-0.25, -0.2) is 0 Å². The Morgan fingerprint density at radius 3 is 2.30 bits per heavy atom. The zero-order valence-corrected chi connectivity index (χ0v) is 19.1. The van der Waals surface area contributed by atoms with E-state index in [1.807, 2.05) is 50.2 Å². The topological polar surface area (TPSA) is 92.8 Å². The first-order chi connectivity index (χ1) is 15.8. The number of primary amides is 1. The highest BCUT2D eigenvalue weighted by Gasteiger charge is 2.26. The molecule has 0 aliphatic rings. The first-order valence-corrected chi connectivity index (χ1v) is 11.8. The summed E-state index contributed by atoms with van der Waals surface area (Å²) in [5.41, 5.74) is 8.32. The fourth-order valence-electron chi connectivity index (χ4n) is 3.65. The molecule has 2 N–H and O–H groups in total. The van der Waals surface area contributed by atoms with Gasteiger partial charge in [-0.1, -0.05) is 66.2 Å². The predicted octanol–water partition coefficient (Wildman–Crippen LogP) is 4.78. The summed E-state index contributed by atoms with van der Waals surface area (Å²) in [6, 6.07) is 24.6. The Kier molecular flexibility index (Phi) is 5.98. The number of benzene rings is 4. The van der Waals surface area contributed by atoms with Crippen LogP contribution in [-0.4, -0.2) is 20.5 Å². The van der Waals surface area contributed by atoms with Crippen molar-refractivity contribution in [3.8, 4) is 0 Å². The van der Waals surface area contributed by atoms with Gasteiger partial charge in [0, 0.05) is 11.1 Å². The molecule has 6 nitrogen and oxygen atoms in total. The minimum absolute atomic E-state index is 0.113. The van der Waals surface area contributed by atoms with Gasteiger partial charge in [0.15, 0.2) is 0 Å². The quantitative estimate of drug-likeness (QED) is 0.333. The van der Waals surface area contributed by atoms with Crippen molar-refractivity contribution >= 4 is 38.6 Å². The number of rotatable bonds is 6. The monoisotopic (exact) mass is 457 g/mol. The van der Waals surface area contributed by atoms with Crippen LogP contribution >= 0.6 is 0 Å². The van der Waals surface area contributed by atoms with E-state index in [1.54, 1.807) is 48.5 Å². The van der Waals surface area contributed by atoms with Crippen molar-refractivity contribution in [2.45, 2.75) is 18.7 Å². The van der Waals surface area contributed by atoms with Crippen molar-refractivity contribution in [2.75, 3.05) is 4.41 Å². The van der Waals surface area contributed by atoms with E-state index in [1.165, 1.54) is 6.21 Å². The van der Waals surface area contributed by atoms with Crippen LogP contribution in [-0.2, 0) is 10.0 Å². The smallest absolute Gasteiger partial charge is 0.283 e. The summed E-state index contributed by atoms with van der Waals surface area (Å²) in [5, 5.41) is 6.08. The van der Waals surface area contributed by atoms with E-state index in [-0.39, 0.29) is 10.5 Å². The minimum atomic E-state index is -4.06. The third kappa shape index (κ3) is 4.49. The number of sulfonamides is 1. The SMILES string of the molecule is Cc1ccc(N(/N=C/c2ccccc2C(N)=O)S(=O)(=O)c2ccc3ccccc3c2)c(C)c1. The maximum Gasteiger partial charge on any atom is 0.283 e. The van der Waals surface area contributed by atoms with Gasteiger partial charge in [0.05, 0.1) is 16.8 Å². The highest BCUT2D eigenvalue weighted by atomic mass is 32.2. The van der Waals surface area contributed by atoms with Crippen LogP contribution in [0.15, 0.2) is 94.9 Å². The third-order valence-electron chi connectivity index (χ3n) is 5.33. The van der Waals surface area contributed by atoms with Crippen molar-refractivity contribution < 1.29 is 13.2 Å². The molecule has 0 bridgehead atoms. The summed E-state index contributed by atoms with van der Waals surface area (Å²) in [6.07, 6.45) is 1.35. The second-order valence-corrected chi connectivity index (χ2v) is 9.51. The zero-order valence-electron chi connectivity index (χ0n) is 18.3. The lowest BCUT2D eigenvalue weighted by Crippen LogP contribution is -2.27. The molecule has 0 fully saturated rings. The average molecular weight is 458 g/mol. The van der Waals surface area contributed by atoms with Crippen LogP contribution in [0.2, 0.25) is 0 Å². The lowest BCUT2D eigenvalue weighted by molar-refractivity contribution is 0.1000. The van der Waals surface area contributed by atoms with Crippen LogP contribution in [0.1, 0.15) is 27.0 Å². The lowest BCUT2D eigenvalue weighted by atomic mass is 10.1. The molecular weight excluding hydrogens is 434 g/mol. The molecule has 1 amide bonds. The zero-order chi connectivity index (χ0) is 23.6. The molecular formula is C26H23N3O3S. The van der Waals surface area contributed by atoms with E-state index in [2.05, 4.69) is 5.10 Å². The number of carbonyl (C=O) groups excluding carboxylic acids is 1. The molecule has 166 valence electrons. The number of nitrogens with two attached hydrogens (primary N) is 1. The van der Waals surface area contributed by atoms with E-state index in [4.69, 9.17) is 5.73 Å². The number of hydrazone groups is 1. The van der Waals surface area contributed by atoms with Gasteiger partial charge in [-0.3, -0.25) is 4.79 Å². The summed E-state index contributed by atoms with van der Waals surface area (Å²) in [6.45, 7) is 3.77. The molecule has 0 saturated heterocycles. The molecule has 4 aromatic carbocycles. The number of anilines is 1. The van der Waals surface area contributed by atoms with Gasteiger partial charge in [0.25, 0.3) is 10.0 Å². The van der Waals surface area contributed by atoms with E-state index >= 15 is 0 Å². The van der Waals surface area contributed by atoms with Gasteiger partial charge in [-0.05, 0) is 54.4 Å². The molecule has 7 heteroatoms. The van der Waals surface area contributed by atoms with Gasteiger partial charge in [0.2, 0.25) is 5.91 Å². The number of fused-ring (bicyclic) bond motifs is 1. The van der Waals surface area contributed by atoms with Crippen molar-refractivity contribution in [3.05, 3.63) is 107 Å². The van der Waals surface area contributed by atoms with Crippen molar-refractivity contribution in [2.24, 2.45) is 10.8 Å². The molecule has 0 aliphatic heterocycles. The summed E-state index contributed by atoms with van der Waals surface area (Å²) in [7, 11) is -4.06. The fourth-order valence-corrected chi connectivity index (χ4v) is 5.00. The Balaban J connectivity index is 1.87. The van der Waals surface area contributed by atoms with Gasteiger partial charge in [0.1, 0.15) is 0 Å². The molecule has 0 heterocycles. The number of aryl methyl sites for hydroxylation is 2. The van der Waals surface area contributed by atoms with Crippen LogP contribution in [0, 0.1) is 13.8 Å². The summed E-state index contributed by atoms with van der Waals surface area (Å²) in [5.74, 6) is -0.618. The second-order valence-electron chi connectivity index (χ2n) is 7.74. The highest BCUT2D eigenvalue weighted by molar-refractivity contribution is 7.92. The Morgan fingerprint density at radius 2 is 1.58 bits per heavy atom. The summed E-state index contributed by atoms with van der Waals surface area (Å²) >= 11 is 0. The standard InChI is InChI=1S/C26H23N3O3S/c1-18-11-14-25(19(2)15-18)29(28-17-22-9-5-6-10-24(22)26(27)30)33(31,32)23-13-12-20-7-3-4-8-21(20)16-23/h3-17H,1-2H3,(H2,27,30)/b28-17+. The third-order valence-corrected chi connectivity index (χ3v) is 6.93. The fraction of sp³-hybridized carbons (Fsp3) is 0.0769. The first-order valence-electron chi connectivity index (χ1n) is 10.3. The number of carbonyl (C=O) groups is 1. The predicted molar refractivity (Wildman–Crippen MR) is 132 cm³/mol. The molecule has 0 aromatic heterocycles. The second kappa shape index (κ2) is 8.88. The Morgan fingerprint density at radius 1 is 0.879 bits per heavy atom. The molecule has 0 atom stereocenters. The van der Waals surface area contributed by atoms with E-state index in [9.17, 15) is 13.2 Å². The molecule has 0 unspecified atom stereocenters. The minimum Gasteiger partial charge on any atom is -0.366 e. The van der Waals surface area contributed by atoms with Crippen molar-refractivity contribution in [1.82, 2.24) is 0 Å². The molecule has 0 spiro atoms. The van der Waals surface area contributed by atoms with Crippen LogP contribution in [0.25, 0.3) is 10.8 Å². The van der Waals surface area contributed by atoms with Gasteiger partial charge in [-0.15, -0.1) is 0 Å². The first kappa shape index (κ1) is 22.2. The van der Waals surface area contributed by atoms with Crippen LogP contribution < -0.4 is 10.1 Å². The normalized spacial score (nSPS) is 11.7. The molecule has 0 aliphatic carbocycles. The van der Waals surface area contributed by atoms with Gasteiger partial charge in [-0.2, -0.15) is 17.9 Å². The maximum atomic E-state index is 13.8. The molecule has 0 saturated carbocycles. The lowest BCUT2D eigenvalue weighted by Gasteiger charge is -2.21. The van der Waals surface area contributed by atoms with Crippen LogP contribution in [0.4, 0.5) is 5.69 Å². The van der Waals surface area contributed by atoms with Crippen molar-refractivity contribution in [3.63, 3.8) is 0 Å². The van der Waals surface area contributed by atoms with Crippen LogP contribution in [0.5, 0.6) is 0 Å². The summed E-state index contributed by atoms with van der Waals surface area (Å²) in [4.78, 5) is 11.9. The number of hydrogen-bond donors (Lipinski definition) is 1. The molecule has 4 aromatic rings. The Bertz CT molecular complexity index is 1490. The largest absolute Gasteiger partial charge is 0.366 e. The molecule has 0 radical (unpaired) electrons. The number of nitrogens with zero attached hydrogens (tertiary/aromatic N) is 2. The Labute approximate surface area is 193 Å².